The summed E-state index contributed by atoms with van der Waals surface area (Å²) in [6.07, 6.45) is -0.0229. The molecule has 0 aliphatic carbocycles. The third-order valence-corrected chi connectivity index (χ3v) is 3.46. The molecule has 4 nitrogen and oxygen atoms in total. The zero-order chi connectivity index (χ0) is 16.1. The number of halogens is 3. The summed E-state index contributed by atoms with van der Waals surface area (Å²) in [5, 5.41) is 0. The van der Waals surface area contributed by atoms with Crippen LogP contribution in [0.15, 0.2) is 46.9 Å². The third kappa shape index (κ3) is 4.36. The van der Waals surface area contributed by atoms with Gasteiger partial charge < -0.3 is 0 Å². The summed E-state index contributed by atoms with van der Waals surface area (Å²) in [6, 6.07) is 9.07. The molecule has 114 valence electrons. The van der Waals surface area contributed by atoms with E-state index in [1.165, 1.54) is 36.4 Å². The number of carbonyl (C=O) groups is 2. The first-order valence-electron chi connectivity index (χ1n) is 6.24. The molecule has 2 aromatic carbocycles. The van der Waals surface area contributed by atoms with Gasteiger partial charge >= 0.3 is 0 Å². The Kier molecular flexibility index (Phi) is 5.21. The molecule has 0 spiro atoms. The molecule has 0 atom stereocenters. The topological polar surface area (TPSA) is 58.2 Å². The lowest BCUT2D eigenvalue weighted by Crippen LogP contribution is -2.42. The van der Waals surface area contributed by atoms with Crippen LogP contribution in [0.1, 0.15) is 15.9 Å². The van der Waals surface area contributed by atoms with Crippen molar-refractivity contribution >= 4 is 27.7 Å². The maximum absolute atomic E-state index is 13.1. The Balaban J connectivity index is 1.91. The van der Waals surface area contributed by atoms with Gasteiger partial charge in [-0.25, -0.2) is 8.78 Å². The summed E-state index contributed by atoms with van der Waals surface area (Å²) < 4.78 is 26.3. The molecular formula is C15H11BrF2N2O2. The predicted octanol–water partition coefficient (Wildman–Crippen LogP) is 2.73. The van der Waals surface area contributed by atoms with Gasteiger partial charge in [-0.05, 0) is 51.8 Å². The van der Waals surface area contributed by atoms with Crippen molar-refractivity contribution in [3.63, 3.8) is 0 Å². The van der Waals surface area contributed by atoms with Crippen LogP contribution in [0, 0.1) is 11.6 Å². The van der Waals surface area contributed by atoms with Crippen LogP contribution in [0.2, 0.25) is 0 Å². The molecule has 0 saturated heterocycles. The number of carbonyl (C=O) groups excluding carboxylic acids is 2. The fourth-order valence-electron chi connectivity index (χ4n) is 1.70. The van der Waals surface area contributed by atoms with Crippen molar-refractivity contribution in [2.75, 3.05) is 0 Å². The highest BCUT2D eigenvalue weighted by Gasteiger charge is 2.12. The summed E-state index contributed by atoms with van der Waals surface area (Å²) in [6.45, 7) is 0. The van der Waals surface area contributed by atoms with Gasteiger partial charge in [-0.15, -0.1) is 0 Å². The Bertz CT molecular complexity index is 705. The third-order valence-electron chi connectivity index (χ3n) is 2.77. The van der Waals surface area contributed by atoms with Gasteiger partial charge in [0.05, 0.1) is 12.0 Å². The molecule has 2 aromatic rings. The number of nitrogens with one attached hydrogen (secondary N) is 2. The summed E-state index contributed by atoms with van der Waals surface area (Å²) in [5.41, 5.74) is 5.06. The average Bonchev–Trinajstić information content (AvgIpc) is 2.49. The molecule has 0 heterocycles. The van der Waals surface area contributed by atoms with Crippen molar-refractivity contribution in [1.82, 2.24) is 10.9 Å². The fraction of sp³-hybridized carbons (Fsp3) is 0.0667. The smallest absolute Gasteiger partial charge is 0.270 e. The molecule has 0 fully saturated rings. The largest absolute Gasteiger partial charge is 0.273 e. The molecule has 7 heteroatoms. The Labute approximate surface area is 133 Å². The molecule has 0 unspecified atom stereocenters. The van der Waals surface area contributed by atoms with Gasteiger partial charge in [0.15, 0.2) is 0 Å². The quantitative estimate of drug-likeness (QED) is 0.818. The molecule has 2 amide bonds. The van der Waals surface area contributed by atoms with Crippen LogP contribution in [0.3, 0.4) is 0 Å². The maximum atomic E-state index is 13.1. The van der Waals surface area contributed by atoms with Crippen LogP contribution in [0.4, 0.5) is 8.78 Å². The first kappa shape index (κ1) is 16.1. The molecule has 2 rings (SSSR count). The lowest BCUT2D eigenvalue weighted by atomic mass is 10.1. The molecule has 0 radical (unpaired) electrons. The van der Waals surface area contributed by atoms with E-state index in [2.05, 4.69) is 26.8 Å². The molecule has 0 aliphatic rings. The van der Waals surface area contributed by atoms with Crippen molar-refractivity contribution in [3.8, 4) is 0 Å². The summed E-state index contributed by atoms with van der Waals surface area (Å²) in [7, 11) is 0. The molecular weight excluding hydrogens is 358 g/mol. The highest BCUT2D eigenvalue weighted by atomic mass is 79.9. The molecule has 2 N–H and O–H groups in total. The fourth-order valence-corrected chi connectivity index (χ4v) is 2.12. The second-order valence-electron chi connectivity index (χ2n) is 4.43. The number of hydrogen-bond acceptors (Lipinski definition) is 2. The zero-order valence-electron chi connectivity index (χ0n) is 11.2. The number of rotatable bonds is 3. The molecule has 0 saturated carbocycles. The molecule has 0 bridgehead atoms. The van der Waals surface area contributed by atoms with Gasteiger partial charge in [0.1, 0.15) is 11.6 Å². The van der Waals surface area contributed by atoms with Crippen molar-refractivity contribution in [3.05, 3.63) is 69.7 Å². The summed E-state index contributed by atoms with van der Waals surface area (Å²) in [5.74, 6) is -2.09. The standard InChI is InChI=1S/C15H11BrF2N2O2/c16-13-6-5-11(18)8-12(13)15(22)20-19-14(21)7-9-1-3-10(17)4-2-9/h1-6,8H,7H2,(H,19,21)(H,20,22). The number of benzene rings is 2. The van der Waals surface area contributed by atoms with E-state index >= 15 is 0 Å². The zero-order valence-corrected chi connectivity index (χ0v) is 12.8. The van der Waals surface area contributed by atoms with E-state index in [1.54, 1.807) is 0 Å². The van der Waals surface area contributed by atoms with E-state index in [0.717, 1.165) is 6.07 Å². The minimum Gasteiger partial charge on any atom is -0.273 e. The van der Waals surface area contributed by atoms with Crippen LogP contribution >= 0.6 is 15.9 Å². The highest BCUT2D eigenvalue weighted by Crippen LogP contribution is 2.17. The minimum absolute atomic E-state index is 0.0229. The molecule has 22 heavy (non-hydrogen) atoms. The van der Waals surface area contributed by atoms with Crippen molar-refractivity contribution in [1.29, 1.82) is 0 Å². The van der Waals surface area contributed by atoms with E-state index in [9.17, 15) is 18.4 Å². The van der Waals surface area contributed by atoms with Crippen molar-refractivity contribution in [2.45, 2.75) is 6.42 Å². The van der Waals surface area contributed by atoms with Crippen LogP contribution in [0.5, 0.6) is 0 Å². The van der Waals surface area contributed by atoms with Crippen LogP contribution in [-0.2, 0) is 11.2 Å². The Hall–Kier alpha value is -2.28. The molecule has 0 aliphatic heterocycles. The first-order valence-corrected chi connectivity index (χ1v) is 7.03. The highest BCUT2D eigenvalue weighted by molar-refractivity contribution is 9.10. The summed E-state index contributed by atoms with van der Waals surface area (Å²) >= 11 is 3.12. The van der Waals surface area contributed by atoms with Gasteiger partial charge in [0.2, 0.25) is 5.91 Å². The Morgan fingerprint density at radius 1 is 0.955 bits per heavy atom. The summed E-state index contributed by atoms with van der Waals surface area (Å²) in [4.78, 5) is 23.5. The Morgan fingerprint density at radius 3 is 2.27 bits per heavy atom. The SMILES string of the molecule is O=C(Cc1ccc(F)cc1)NNC(=O)c1cc(F)ccc1Br. The van der Waals surface area contributed by atoms with Crippen LogP contribution in [-0.4, -0.2) is 11.8 Å². The second-order valence-corrected chi connectivity index (χ2v) is 5.28. The number of hydrazine groups is 1. The number of amides is 2. The van der Waals surface area contributed by atoms with Gasteiger partial charge in [-0.2, -0.15) is 0 Å². The van der Waals surface area contributed by atoms with Crippen molar-refractivity contribution in [2.24, 2.45) is 0 Å². The predicted molar refractivity (Wildman–Crippen MR) is 79.8 cm³/mol. The van der Waals surface area contributed by atoms with Gasteiger partial charge in [-0.3, -0.25) is 20.4 Å². The lowest BCUT2D eigenvalue weighted by molar-refractivity contribution is -0.121. The maximum Gasteiger partial charge on any atom is 0.270 e. The van der Waals surface area contributed by atoms with Crippen LogP contribution in [0.25, 0.3) is 0 Å². The Morgan fingerprint density at radius 2 is 1.59 bits per heavy atom. The minimum atomic E-state index is -0.654. The molecule has 0 aromatic heterocycles. The second kappa shape index (κ2) is 7.13. The first-order chi connectivity index (χ1) is 10.5. The van der Waals surface area contributed by atoms with Gasteiger partial charge in [0, 0.05) is 4.47 Å². The van der Waals surface area contributed by atoms with E-state index in [-0.39, 0.29) is 12.0 Å². The van der Waals surface area contributed by atoms with Crippen molar-refractivity contribution < 1.29 is 18.4 Å². The van der Waals surface area contributed by atoms with Gasteiger partial charge in [0.25, 0.3) is 5.91 Å². The van der Waals surface area contributed by atoms with E-state index in [0.29, 0.717) is 10.0 Å². The van der Waals surface area contributed by atoms with E-state index in [1.807, 2.05) is 0 Å². The van der Waals surface area contributed by atoms with Crippen LogP contribution < -0.4 is 10.9 Å². The normalized spacial score (nSPS) is 10.1. The van der Waals surface area contributed by atoms with E-state index < -0.39 is 23.4 Å². The van der Waals surface area contributed by atoms with E-state index in [4.69, 9.17) is 0 Å². The number of hydrogen-bond donors (Lipinski definition) is 2. The lowest BCUT2D eigenvalue weighted by Gasteiger charge is -2.09. The van der Waals surface area contributed by atoms with Gasteiger partial charge in [-0.1, -0.05) is 12.1 Å². The monoisotopic (exact) mass is 368 g/mol. The average molecular weight is 369 g/mol.